The molecular weight excluding hydrogens is 470 g/mol. The summed E-state index contributed by atoms with van der Waals surface area (Å²) in [5.74, 6) is 0.676. The Bertz CT molecular complexity index is 1190. The highest BCUT2D eigenvalue weighted by molar-refractivity contribution is 6.58. The van der Waals surface area contributed by atoms with Crippen LogP contribution >= 0.6 is 0 Å². The van der Waals surface area contributed by atoms with Crippen LogP contribution in [0.4, 0.5) is 5.82 Å². The number of fused-ring (bicyclic) bond motifs is 1. The third kappa shape index (κ3) is 4.94. The Kier molecular flexibility index (Phi) is 7.06. The van der Waals surface area contributed by atoms with Gasteiger partial charge in [0, 0.05) is 13.0 Å². The number of benzene rings is 1. The maximum Gasteiger partial charge on any atom is 0.167 e. The molecule has 0 unspecified atom stereocenters. The molecular formula is C27H40N5O3Si. The molecule has 36 heavy (non-hydrogen) atoms. The van der Waals surface area contributed by atoms with Gasteiger partial charge in [-0.15, -0.1) is 0 Å². The number of imidazole rings is 1. The van der Waals surface area contributed by atoms with Crippen LogP contribution in [0.5, 0.6) is 0 Å². The van der Waals surface area contributed by atoms with E-state index >= 15 is 0 Å². The van der Waals surface area contributed by atoms with Gasteiger partial charge in [-0.3, -0.25) is 4.57 Å². The number of anilines is 1. The van der Waals surface area contributed by atoms with Crippen LogP contribution in [-0.4, -0.2) is 57.3 Å². The van der Waals surface area contributed by atoms with E-state index < -0.39 is 31.3 Å². The van der Waals surface area contributed by atoms with Crippen molar-refractivity contribution < 1.29 is 14.6 Å². The number of nitrogens with one attached hydrogen (secondary N) is 1. The Hall–Kier alpha value is -2.33. The lowest BCUT2D eigenvalue weighted by molar-refractivity contribution is -0.159. The average Bonchev–Trinajstić information content (AvgIpc) is 3.37. The van der Waals surface area contributed by atoms with Crippen molar-refractivity contribution >= 4 is 25.8 Å². The maximum absolute atomic E-state index is 12.1. The van der Waals surface area contributed by atoms with E-state index in [-0.39, 0.29) is 5.60 Å². The van der Waals surface area contributed by atoms with Gasteiger partial charge in [-0.1, -0.05) is 64.2 Å². The Labute approximate surface area is 216 Å². The molecule has 2 N–H and O–H groups in total. The second-order valence-corrected chi connectivity index (χ2v) is 14.8. The molecule has 2 aromatic heterocycles. The lowest BCUT2D eigenvalue weighted by atomic mass is 9.72. The van der Waals surface area contributed by atoms with Gasteiger partial charge in [0.2, 0.25) is 0 Å². The number of aromatic nitrogens is 4. The minimum atomic E-state index is -1.16. The molecule has 1 aliphatic rings. The maximum atomic E-state index is 12.1. The van der Waals surface area contributed by atoms with E-state index in [1.807, 2.05) is 43.5 Å². The number of hydrogen-bond donors (Lipinski definition) is 2. The minimum absolute atomic E-state index is 0.305. The first-order valence-electron chi connectivity index (χ1n) is 12.6. The summed E-state index contributed by atoms with van der Waals surface area (Å²) in [6, 6.07) is 10.2. The van der Waals surface area contributed by atoms with Crippen LogP contribution in [0.3, 0.4) is 0 Å². The van der Waals surface area contributed by atoms with Gasteiger partial charge in [0.25, 0.3) is 0 Å². The smallest absolute Gasteiger partial charge is 0.167 e. The summed E-state index contributed by atoms with van der Waals surface area (Å²) in [6.07, 6.45) is 3.29. The average molecular weight is 511 g/mol. The molecule has 1 radical (unpaired) electrons. The molecule has 1 aliphatic heterocycles. The van der Waals surface area contributed by atoms with E-state index in [4.69, 9.17) is 14.5 Å². The molecule has 1 saturated heterocycles. The Balaban J connectivity index is 1.73. The lowest BCUT2D eigenvalue weighted by Gasteiger charge is -2.41. The van der Waals surface area contributed by atoms with Crippen molar-refractivity contribution in [2.24, 2.45) is 5.41 Å². The zero-order valence-corrected chi connectivity index (χ0v) is 23.8. The largest absolute Gasteiger partial charge is 0.386 e. The predicted octanol–water partition coefficient (Wildman–Crippen LogP) is 4.77. The van der Waals surface area contributed by atoms with Crippen molar-refractivity contribution in [1.82, 2.24) is 19.5 Å². The normalized spacial score (nSPS) is 25.1. The van der Waals surface area contributed by atoms with Crippen LogP contribution in [0.2, 0.25) is 13.1 Å². The predicted molar refractivity (Wildman–Crippen MR) is 144 cm³/mol. The van der Waals surface area contributed by atoms with Gasteiger partial charge in [0.1, 0.15) is 32.2 Å². The quantitative estimate of drug-likeness (QED) is 0.442. The molecule has 1 fully saturated rings. The van der Waals surface area contributed by atoms with Gasteiger partial charge in [-0.25, -0.2) is 15.0 Å². The van der Waals surface area contributed by atoms with Crippen LogP contribution in [0.1, 0.15) is 53.5 Å². The molecule has 0 saturated carbocycles. The van der Waals surface area contributed by atoms with Crippen molar-refractivity contribution in [1.29, 1.82) is 0 Å². The number of hydrogen-bond acceptors (Lipinski definition) is 7. The van der Waals surface area contributed by atoms with E-state index in [0.29, 0.717) is 36.6 Å². The molecule has 8 nitrogen and oxygen atoms in total. The van der Waals surface area contributed by atoms with Crippen molar-refractivity contribution in [3.05, 3.63) is 48.5 Å². The molecule has 3 aromatic rings. The molecule has 195 valence electrons. The highest BCUT2D eigenvalue weighted by atomic mass is 28.3. The van der Waals surface area contributed by atoms with Crippen LogP contribution in [0.15, 0.2) is 43.0 Å². The van der Waals surface area contributed by atoms with Crippen LogP contribution in [0, 0.1) is 5.41 Å². The summed E-state index contributed by atoms with van der Waals surface area (Å²) in [5.41, 5.74) is 0.676. The van der Waals surface area contributed by atoms with E-state index in [1.54, 1.807) is 12.7 Å². The summed E-state index contributed by atoms with van der Waals surface area (Å²) in [6.45, 7) is 17.6. The highest BCUT2D eigenvalue weighted by Crippen LogP contribution is 2.52. The fraction of sp³-hybridized carbons (Fsp3) is 0.593. The van der Waals surface area contributed by atoms with Gasteiger partial charge in [-0.05, 0) is 31.7 Å². The molecule has 0 amide bonds. The molecule has 0 aliphatic carbocycles. The third-order valence-electron chi connectivity index (χ3n) is 7.15. The van der Waals surface area contributed by atoms with Crippen molar-refractivity contribution in [3.8, 4) is 0 Å². The van der Waals surface area contributed by atoms with Gasteiger partial charge >= 0.3 is 0 Å². The van der Waals surface area contributed by atoms with Gasteiger partial charge in [0.15, 0.2) is 17.0 Å². The van der Waals surface area contributed by atoms with Crippen LogP contribution in [0.25, 0.3) is 11.2 Å². The summed E-state index contributed by atoms with van der Waals surface area (Å²) >= 11 is 0. The molecule has 0 bridgehead atoms. The first-order valence-corrected chi connectivity index (χ1v) is 15.1. The second-order valence-electron chi connectivity index (χ2n) is 12.0. The summed E-state index contributed by atoms with van der Waals surface area (Å²) in [7, 11) is -1.16. The SMILES string of the molecule is C[Si](C)[C@]1(n2cnc3c(NCc4ccccc4)ncnc32)C[C@@](O)(C(C)(C)C)[C@@H](COC(C)(C)C)O1. The van der Waals surface area contributed by atoms with Crippen molar-refractivity contribution in [2.75, 3.05) is 11.9 Å². The van der Waals surface area contributed by atoms with Gasteiger partial charge in [-0.2, -0.15) is 0 Å². The molecule has 3 heterocycles. The highest BCUT2D eigenvalue weighted by Gasteiger charge is 2.62. The second kappa shape index (κ2) is 9.52. The summed E-state index contributed by atoms with van der Waals surface area (Å²) in [4.78, 5) is 13.8. The molecule has 0 spiro atoms. The Morgan fingerprint density at radius 3 is 2.42 bits per heavy atom. The summed E-state index contributed by atoms with van der Waals surface area (Å²) in [5, 5.41) is 14.8. The van der Waals surface area contributed by atoms with Gasteiger partial charge < -0.3 is 19.9 Å². The first kappa shape index (κ1) is 26.7. The third-order valence-corrected chi connectivity index (χ3v) is 9.25. The standard InChI is InChI=1S/C27H40N5O3Si/c1-24(2,3)26(33)16-27(36(7)8,35-20(26)15-34-25(4,5)6)32-18-31-21-22(29-17-30-23(21)32)28-14-19-12-10-9-11-13-19/h9-13,17-18,20,33H,14-16H2,1-8H3,(H,28,29,30)/t20-,26+,27+/m1/s1. The van der Waals surface area contributed by atoms with E-state index in [1.165, 1.54) is 0 Å². The zero-order valence-electron chi connectivity index (χ0n) is 22.8. The van der Waals surface area contributed by atoms with Gasteiger partial charge in [0.05, 0.1) is 18.5 Å². The number of ether oxygens (including phenoxy) is 2. The fourth-order valence-electron chi connectivity index (χ4n) is 4.79. The molecule has 3 atom stereocenters. The zero-order chi connectivity index (χ0) is 26.4. The number of aliphatic hydroxyl groups is 1. The fourth-order valence-corrected chi connectivity index (χ4v) is 6.43. The van der Waals surface area contributed by atoms with E-state index in [0.717, 1.165) is 5.56 Å². The molecule has 9 heteroatoms. The number of nitrogens with zero attached hydrogens (tertiary/aromatic N) is 4. The first-order chi connectivity index (χ1) is 16.8. The number of rotatable bonds is 7. The summed E-state index contributed by atoms with van der Waals surface area (Å²) < 4.78 is 15.1. The van der Waals surface area contributed by atoms with E-state index in [2.05, 4.69) is 61.3 Å². The lowest BCUT2D eigenvalue weighted by Crippen LogP contribution is -2.52. The van der Waals surface area contributed by atoms with E-state index in [9.17, 15) is 5.11 Å². The topological polar surface area (TPSA) is 94.3 Å². The Morgan fingerprint density at radius 2 is 1.81 bits per heavy atom. The Morgan fingerprint density at radius 1 is 1.11 bits per heavy atom. The molecule has 1 aromatic carbocycles. The minimum Gasteiger partial charge on any atom is -0.386 e. The molecule has 4 rings (SSSR count). The van der Waals surface area contributed by atoms with Crippen LogP contribution < -0.4 is 5.32 Å². The van der Waals surface area contributed by atoms with Crippen molar-refractivity contribution in [3.63, 3.8) is 0 Å². The van der Waals surface area contributed by atoms with Crippen LogP contribution in [-0.2, 0) is 21.4 Å². The van der Waals surface area contributed by atoms with Crippen molar-refractivity contribution in [2.45, 2.75) is 90.3 Å². The monoisotopic (exact) mass is 510 g/mol.